The Balaban J connectivity index is 1.04. The fourth-order valence-electron chi connectivity index (χ4n) is 9.10. The molecule has 0 unspecified atom stereocenters. The molecule has 9 aromatic carbocycles. The minimum atomic E-state index is 0.872. The maximum atomic E-state index is 6.70. The van der Waals surface area contributed by atoms with Gasteiger partial charge in [-0.2, -0.15) is 0 Å². The molecule has 0 radical (unpaired) electrons. The molecule has 0 saturated carbocycles. The van der Waals surface area contributed by atoms with E-state index < -0.39 is 0 Å². The van der Waals surface area contributed by atoms with Gasteiger partial charge >= 0.3 is 0 Å². The first-order valence-corrected chi connectivity index (χ1v) is 20.5. The van der Waals surface area contributed by atoms with Crippen molar-refractivity contribution in [2.24, 2.45) is 0 Å². The number of thiophene rings is 1. The molecule has 0 saturated heterocycles. The lowest BCUT2D eigenvalue weighted by Crippen LogP contribution is -2.10. The van der Waals surface area contributed by atoms with Crippen molar-refractivity contribution < 1.29 is 4.42 Å². The number of anilines is 3. The molecular weight excluding hydrogens is 725 g/mol. The number of aromatic nitrogens is 1. The van der Waals surface area contributed by atoms with Gasteiger partial charge < -0.3 is 13.9 Å². The van der Waals surface area contributed by atoms with Crippen molar-refractivity contribution in [3.05, 3.63) is 206 Å². The summed E-state index contributed by atoms with van der Waals surface area (Å²) in [5.74, 6) is 0. The smallest absolute Gasteiger partial charge is 0.159 e. The number of furan rings is 1. The predicted octanol–water partition coefficient (Wildman–Crippen LogP) is 15.9. The Morgan fingerprint density at radius 3 is 1.76 bits per heavy atom. The van der Waals surface area contributed by atoms with Crippen LogP contribution in [0.25, 0.3) is 91.9 Å². The van der Waals surface area contributed by atoms with Crippen LogP contribution in [0.3, 0.4) is 0 Å². The highest BCUT2D eigenvalue weighted by Gasteiger charge is 2.23. The molecular formula is C54H34N2OS. The van der Waals surface area contributed by atoms with Gasteiger partial charge in [0.25, 0.3) is 0 Å². The Morgan fingerprint density at radius 1 is 0.397 bits per heavy atom. The number of hydrogen-bond donors (Lipinski definition) is 0. The summed E-state index contributed by atoms with van der Waals surface area (Å²) in [6, 6.07) is 74.4. The highest BCUT2D eigenvalue weighted by molar-refractivity contribution is 7.26. The van der Waals surface area contributed by atoms with Crippen LogP contribution in [0.1, 0.15) is 0 Å². The lowest BCUT2D eigenvalue weighted by molar-refractivity contribution is 0.669. The molecule has 0 amide bonds. The minimum Gasteiger partial charge on any atom is -0.454 e. The average Bonchev–Trinajstić information content (AvgIpc) is 3.97. The van der Waals surface area contributed by atoms with E-state index in [0.29, 0.717) is 0 Å². The molecule has 58 heavy (non-hydrogen) atoms. The Hall–Kier alpha value is -7.40. The van der Waals surface area contributed by atoms with Gasteiger partial charge in [-0.25, -0.2) is 0 Å². The Kier molecular flexibility index (Phi) is 7.40. The lowest BCUT2D eigenvalue weighted by Gasteiger charge is -2.27. The first-order valence-electron chi connectivity index (χ1n) is 19.7. The van der Waals surface area contributed by atoms with Gasteiger partial charge in [0.2, 0.25) is 0 Å². The van der Waals surface area contributed by atoms with Crippen LogP contribution in [0.2, 0.25) is 0 Å². The Bertz CT molecular complexity index is 3480. The lowest BCUT2D eigenvalue weighted by atomic mass is 9.93. The van der Waals surface area contributed by atoms with Crippen LogP contribution in [-0.2, 0) is 0 Å². The molecule has 0 spiro atoms. The van der Waals surface area contributed by atoms with E-state index in [1.54, 1.807) is 0 Å². The van der Waals surface area contributed by atoms with Crippen LogP contribution in [0.4, 0.5) is 17.1 Å². The van der Waals surface area contributed by atoms with Crippen molar-refractivity contribution in [2.75, 3.05) is 4.90 Å². The zero-order valence-corrected chi connectivity index (χ0v) is 32.2. The normalized spacial score (nSPS) is 11.8. The van der Waals surface area contributed by atoms with Crippen LogP contribution in [0.5, 0.6) is 0 Å². The van der Waals surface area contributed by atoms with E-state index in [0.717, 1.165) is 50.3 Å². The molecule has 0 fully saturated rings. The summed E-state index contributed by atoms with van der Waals surface area (Å²) in [5.41, 5.74) is 13.2. The van der Waals surface area contributed by atoms with E-state index in [1.165, 1.54) is 58.7 Å². The van der Waals surface area contributed by atoms with Crippen LogP contribution in [0.15, 0.2) is 211 Å². The van der Waals surface area contributed by atoms with E-state index in [-0.39, 0.29) is 0 Å². The molecule has 0 aliphatic carbocycles. The molecule has 0 aliphatic rings. The van der Waals surface area contributed by atoms with Gasteiger partial charge in [0.15, 0.2) is 5.58 Å². The maximum Gasteiger partial charge on any atom is 0.159 e. The first kappa shape index (κ1) is 32.8. The zero-order chi connectivity index (χ0) is 38.2. The molecule has 0 aliphatic heterocycles. The second kappa shape index (κ2) is 13.1. The van der Waals surface area contributed by atoms with E-state index in [2.05, 4.69) is 210 Å². The van der Waals surface area contributed by atoms with Gasteiger partial charge in [-0.05, 0) is 77.4 Å². The number of nitrogens with zero attached hydrogens (tertiary/aromatic N) is 2. The summed E-state index contributed by atoms with van der Waals surface area (Å²) in [5, 5.41) is 7.23. The number of rotatable bonds is 6. The summed E-state index contributed by atoms with van der Waals surface area (Å²) in [6.45, 7) is 0. The fraction of sp³-hybridized carbons (Fsp3) is 0. The van der Waals surface area contributed by atoms with Crippen LogP contribution >= 0.6 is 11.3 Å². The average molecular weight is 759 g/mol. The van der Waals surface area contributed by atoms with Crippen molar-refractivity contribution in [3.63, 3.8) is 0 Å². The van der Waals surface area contributed by atoms with Gasteiger partial charge in [-0.15, -0.1) is 11.3 Å². The Morgan fingerprint density at radius 2 is 0.966 bits per heavy atom. The third kappa shape index (κ3) is 4.99. The first-order chi connectivity index (χ1) is 28.8. The monoisotopic (exact) mass is 758 g/mol. The fourth-order valence-corrected chi connectivity index (χ4v) is 10.2. The van der Waals surface area contributed by atoms with Crippen LogP contribution in [-0.4, -0.2) is 4.57 Å². The largest absolute Gasteiger partial charge is 0.454 e. The summed E-state index contributed by atoms with van der Waals surface area (Å²) >= 11 is 1.84. The minimum absolute atomic E-state index is 0.872. The van der Waals surface area contributed by atoms with E-state index in [9.17, 15) is 0 Å². The summed E-state index contributed by atoms with van der Waals surface area (Å²) in [7, 11) is 0. The molecule has 3 nitrogen and oxygen atoms in total. The van der Waals surface area contributed by atoms with E-state index >= 15 is 0 Å². The standard InChI is InChI=1S/C54H34N2OS/c1-2-16-38(39-17-3-8-23-45(39)56-46-24-9-4-18-40(46)41-19-5-10-25-47(41)56)37(15-1)35-31-33-36(34-32-35)55(48-26-14-30-52-53(48)44-21-7-12-29-51(44)58-52)49-27-13-22-43-42-20-6-11-28-50(42)57-54(43)49/h1-34H. The Labute approximate surface area is 338 Å². The van der Waals surface area contributed by atoms with Crippen molar-refractivity contribution in [3.8, 4) is 27.9 Å². The highest BCUT2D eigenvalue weighted by Crippen LogP contribution is 2.48. The van der Waals surface area contributed by atoms with Gasteiger partial charge in [0.1, 0.15) is 5.58 Å². The molecule has 3 aromatic heterocycles. The van der Waals surface area contributed by atoms with Crippen molar-refractivity contribution in [1.82, 2.24) is 4.57 Å². The quantitative estimate of drug-likeness (QED) is 0.168. The van der Waals surface area contributed by atoms with Crippen LogP contribution in [0, 0.1) is 0 Å². The topological polar surface area (TPSA) is 21.3 Å². The van der Waals surface area contributed by atoms with Crippen molar-refractivity contribution in [1.29, 1.82) is 0 Å². The number of para-hydroxylation sites is 5. The maximum absolute atomic E-state index is 6.70. The molecule has 0 atom stereocenters. The van der Waals surface area contributed by atoms with E-state index in [4.69, 9.17) is 4.42 Å². The third-order valence-corrected chi connectivity index (χ3v) is 12.8. The molecule has 12 aromatic rings. The second-order valence-corrected chi connectivity index (χ2v) is 15.9. The third-order valence-electron chi connectivity index (χ3n) is 11.6. The molecule has 272 valence electrons. The van der Waals surface area contributed by atoms with Gasteiger partial charge in [-0.3, -0.25) is 0 Å². The summed E-state index contributed by atoms with van der Waals surface area (Å²) in [6.07, 6.45) is 0. The SMILES string of the molecule is c1ccc(-c2ccccc2-n2c3ccccc3c3ccccc32)c(-c2ccc(N(c3cccc4c3oc3ccccc34)c3cccc4sc5ccccc5c34)cc2)c1. The zero-order valence-electron chi connectivity index (χ0n) is 31.3. The molecule has 0 bridgehead atoms. The number of hydrogen-bond acceptors (Lipinski definition) is 3. The van der Waals surface area contributed by atoms with Gasteiger partial charge in [0.05, 0.1) is 28.1 Å². The molecule has 12 rings (SSSR count). The van der Waals surface area contributed by atoms with E-state index in [1.807, 2.05) is 17.4 Å². The van der Waals surface area contributed by atoms with Gasteiger partial charge in [-0.1, -0.05) is 146 Å². The summed E-state index contributed by atoms with van der Waals surface area (Å²) < 4.78 is 11.7. The number of fused-ring (bicyclic) bond motifs is 9. The molecule has 0 N–H and O–H groups in total. The summed E-state index contributed by atoms with van der Waals surface area (Å²) in [4.78, 5) is 2.39. The van der Waals surface area contributed by atoms with Gasteiger partial charge in [0, 0.05) is 53.0 Å². The highest BCUT2D eigenvalue weighted by atomic mass is 32.1. The van der Waals surface area contributed by atoms with Crippen molar-refractivity contribution in [2.45, 2.75) is 0 Å². The van der Waals surface area contributed by atoms with Crippen molar-refractivity contribution >= 4 is 92.3 Å². The second-order valence-electron chi connectivity index (χ2n) is 14.8. The molecule has 3 heterocycles. The van der Waals surface area contributed by atoms with Crippen LogP contribution < -0.4 is 4.90 Å². The number of benzene rings is 9. The molecule has 4 heteroatoms. The predicted molar refractivity (Wildman–Crippen MR) is 247 cm³/mol.